The molecule has 1 fully saturated rings. The minimum absolute atomic E-state index is 0.00511. The summed E-state index contributed by atoms with van der Waals surface area (Å²) < 4.78 is 5.05. The summed E-state index contributed by atoms with van der Waals surface area (Å²) in [5.74, 6) is 0.760. The number of hydrogen-bond donors (Lipinski definition) is 1. The van der Waals surface area contributed by atoms with Crippen molar-refractivity contribution in [1.29, 1.82) is 0 Å². The van der Waals surface area contributed by atoms with E-state index in [0.717, 1.165) is 31.4 Å². The van der Waals surface area contributed by atoms with Crippen LogP contribution in [-0.4, -0.2) is 19.7 Å². The van der Waals surface area contributed by atoms with Crippen molar-refractivity contribution < 1.29 is 14.4 Å². The molecule has 0 aliphatic heterocycles. The summed E-state index contributed by atoms with van der Waals surface area (Å²) in [5, 5.41) is 0. The van der Waals surface area contributed by atoms with Crippen molar-refractivity contribution in [2.24, 2.45) is 11.8 Å². The average molecular weight is 279 g/mol. The fourth-order valence-corrected chi connectivity index (χ4v) is 2.84. The van der Waals surface area contributed by atoms with Gasteiger partial charge in [0.15, 0.2) is 0 Å². The first kappa shape index (κ1) is 15.1. The lowest BCUT2D eigenvalue weighted by Crippen LogP contribution is -2.11. The van der Waals surface area contributed by atoms with Crippen LogP contribution in [0.25, 0.3) is 0 Å². The normalized spacial score (nSPS) is 24.1. The Kier molecular flexibility index (Phi) is 5.65. The van der Waals surface area contributed by atoms with E-state index in [1.807, 2.05) is 6.92 Å². The molecule has 0 saturated heterocycles. The quantitative estimate of drug-likeness (QED) is 0.400. The maximum Gasteiger partial charge on any atom is 0.309 e. The van der Waals surface area contributed by atoms with Gasteiger partial charge in [0, 0.05) is 0 Å². The highest BCUT2D eigenvalue weighted by atomic mass is 16.6. The number of rotatable bonds is 9. The van der Waals surface area contributed by atoms with Crippen molar-refractivity contribution in [3.05, 3.63) is 23.4 Å². The first-order chi connectivity index (χ1) is 9.76. The number of carbonyl (C=O) groups is 1. The SMILES string of the molecule is CCOC(=O)C1CC1CCCCC1=CCC=C1NOC. The average Bonchev–Trinajstić information content (AvgIpc) is 3.08. The van der Waals surface area contributed by atoms with Crippen LogP contribution in [0.15, 0.2) is 23.4 Å². The number of esters is 1. The topological polar surface area (TPSA) is 47.6 Å². The third-order valence-electron chi connectivity index (χ3n) is 4.03. The number of unbranched alkanes of at least 4 members (excludes halogenated alkanes) is 1. The highest BCUT2D eigenvalue weighted by Gasteiger charge is 2.43. The molecular weight excluding hydrogens is 254 g/mol. The number of hydrogen-bond acceptors (Lipinski definition) is 4. The van der Waals surface area contributed by atoms with Crippen LogP contribution in [0.3, 0.4) is 0 Å². The molecule has 0 aromatic heterocycles. The van der Waals surface area contributed by atoms with Gasteiger partial charge in [0.05, 0.1) is 25.3 Å². The van der Waals surface area contributed by atoms with Crippen LogP contribution < -0.4 is 5.48 Å². The molecule has 2 atom stereocenters. The molecule has 2 aliphatic carbocycles. The molecule has 2 unspecified atom stereocenters. The van der Waals surface area contributed by atoms with Gasteiger partial charge in [-0.25, -0.2) is 0 Å². The van der Waals surface area contributed by atoms with E-state index in [2.05, 4.69) is 17.6 Å². The van der Waals surface area contributed by atoms with E-state index in [9.17, 15) is 4.79 Å². The summed E-state index contributed by atoms with van der Waals surface area (Å²) in [6.45, 7) is 2.36. The molecule has 2 rings (SSSR count). The summed E-state index contributed by atoms with van der Waals surface area (Å²) in [6, 6.07) is 0. The van der Waals surface area contributed by atoms with Gasteiger partial charge in [-0.1, -0.05) is 18.6 Å². The van der Waals surface area contributed by atoms with Crippen LogP contribution >= 0.6 is 0 Å². The third-order valence-corrected chi connectivity index (χ3v) is 4.03. The molecule has 0 bridgehead atoms. The highest BCUT2D eigenvalue weighted by molar-refractivity contribution is 5.75. The monoisotopic (exact) mass is 279 g/mol. The Labute approximate surface area is 121 Å². The minimum Gasteiger partial charge on any atom is -0.466 e. The molecule has 4 heteroatoms. The van der Waals surface area contributed by atoms with Gasteiger partial charge in [-0.05, 0) is 50.5 Å². The number of nitrogens with one attached hydrogen (secondary N) is 1. The van der Waals surface area contributed by atoms with E-state index >= 15 is 0 Å². The number of hydroxylamine groups is 1. The second-order valence-corrected chi connectivity index (χ2v) is 5.49. The lowest BCUT2D eigenvalue weighted by molar-refractivity contribution is -0.145. The van der Waals surface area contributed by atoms with Crippen LogP contribution in [0.1, 0.15) is 45.4 Å². The van der Waals surface area contributed by atoms with Gasteiger partial charge in [0.25, 0.3) is 0 Å². The van der Waals surface area contributed by atoms with Crippen LogP contribution in [-0.2, 0) is 14.4 Å². The maximum absolute atomic E-state index is 11.5. The molecule has 0 aromatic carbocycles. The summed E-state index contributed by atoms with van der Waals surface area (Å²) in [7, 11) is 1.64. The smallest absolute Gasteiger partial charge is 0.309 e. The lowest BCUT2D eigenvalue weighted by atomic mass is 10.0. The zero-order valence-electron chi connectivity index (χ0n) is 12.5. The molecule has 0 spiro atoms. The molecule has 0 radical (unpaired) electrons. The van der Waals surface area contributed by atoms with Gasteiger partial charge in [-0.15, -0.1) is 0 Å². The largest absolute Gasteiger partial charge is 0.466 e. The zero-order valence-corrected chi connectivity index (χ0v) is 12.5. The second-order valence-electron chi connectivity index (χ2n) is 5.49. The van der Waals surface area contributed by atoms with Gasteiger partial charge in [-0.3, -0.25) is 15.1 Å². The number of carbonyl (C=O) groups excluding carboxylic acids is 1. The van der Waals surface area contributed by atoms with Crippen molar-refractivity contribution in [3.8, 4) is 0 Å². The molecular formula is C16H25NO3. The van der Waals surface area contributed by atoms with E-state index in [0.29, 0.717) is 12.5 Å². The summed E-state index contributed by atoms with van der Waals surface area (Å²) >= 11 is 0. The predicted octanol–water partition coefficient (Wildman–Crippen LogP) is 3.11. The van der Waals surface area contributed by atoms with E-state index in [-0.39, 0.29) is 11.9 Å². The third kappa shape index (κ3) is 4.10. The Hall–Kier alpha value is -1.29. The molecule has 1 N–H and O–H groups in total. The van der Waals surface area contributed by atoms with E-state index < -0.39 is 0 Å². The summed E-state index contributed by atoms with van der Waals surface area (Å²) in [6.07, 6.45) is 11.0. The highest BCUT2D eigenvalue weighted by Crippen LogP contribution is 2.43. The van der Waals surface area contributed by atoms with Crippen LogP contribution in [0.5, 0.6) is 0 Å². The molecule has 0 aromatic rings. The molecule has 0 heterocycles. The van der Waals surface area contributed by atoms with Gasteiger partial charge in [-0.2, -0.15) is 0 Å². The van der Waals surface area contributed by atoms with Gasteiger partial charge in [0.2, 0.25) is 0 Å². The first-order valence-corrected chi connectivity index (χ1v) is 7.61. The molecule has 2 aliphatic rings. The van der Waals surface area contributed by atoms with Crippen molar-refractivity contribution in [2.45, 2.75) is 45.4 Å². The van der Waals surface area contributed by atoms with Crippen LogP contribution in [0.2, 0.25) is 0 Å². The standard InChI is InChI=1S/C16H25NO3/c1-3-20-16(18)14-11-13(14)8-5-4-7-12-9-6-10-15(12)17-19-2/h9-10,13-14,17H,3-8,11H2,1-2H3. The molecule has 4 nitrogen and oxygen atoms in total. The van der Waals surface area contributed by atoms with Crippen LogP contribution in [0.4, 0.5) is 0 Å². The van der Waals surface area contributed by atoms with Crippen molar-refractivity contribution in [2.75, 3.05) is 13.7 Å². The fraction of sp³-hybridized carbons (Fsp3) is 0.688. The fourth-order valence-electron chi connectivity index (χ4n) is 2.84. The summed E-state index contributed by atoms with van der Waals surface area (Å²) in [5.41, 5.74) is 5.39. The van der Waals surface area contributed by atoms with E-state index in [1.165, 1.54) is 18.4 Å². The molecule has 20 heavy (non-hydrogen) atoms. The number of ether oxygens (including phenoxy) is 1. The van der Waals surface area contributed by atoms with E-state index in [1.54, 1.807) is 7.11 Å². The predicted molar refractivity (Wildman–Crippen MR) is 77.6 cm³/mol. The second kappa shape index (κ2) is 7.48. The molecule has 112 valence electrons. The van der Waals surface area contributed by atoms with Gasteiger partial charge in [0.1, 0.15) is 0 Å². The van der Waals surface area contributed by atoms with Crippen molar-refractivity contribution >= 4 is 5.97 Å². The minimum atomic E-state index is 0.00511. The Bertz CT molecular complexity index is 401. The maximum atomic E-state index is 11.5. The first-order valence-electron chi connectivity index (χ1n) is 7.61. The Morgan fingerprint density at radius 1 is 1.40 bits per heavy atom. The summed E-state index contributed by atoms with van der Waals surface area (Å²) in [4.78, 5) is 16.5. The van der Waals surface area contributed by atoms with Gasteiger partial charge >= 0.3 is 5.97 Å². The number of allylic oxidation sites excluding steroid dienone is 3. The Morgan fingerprint density at radius 2 is 2.25 bits per heavy atom. The zero-order chi connectivity index (χ0) is 14.4. The lowest BCUT2D eigenvalue weighted by Gasteiger charge is -2.09. The Balaban J connectivity index is 1.57. The molecule has 0 amide bonds. The van der Waals surface area contributed by atoms with Crippen molar-refractivity contribution in [3.63, 3.8) is 0 Å². The Morgan fingerprint density at radius 3 is 3.00 bits per heavy atom. The van der Waals surface area contributed by atoms with Gasteiger partial charge < -0.3 is 4.74 Å². The molecule has 1 saturated carbocycles. The van der Waals surface area contributed by atoms with Crippen LogP contribution in [0, 0.1) is 11.8 Å². The van der Waals surface area contributed by atoms with E-state index in [4.69, 9.17) is 9.57 Å². The van der Waals surface area contributed by atoms with Crippen molar-refractivity contribution in [1.82, 2.24) is 5.48 Å².